The number of fused-ring (bicyclic) bond motifs is 1. The molecule has 0 unspecified atom stereocenters. The predicted molar refractivity (Wildman–Crippen MR) is 106 cm³/mol. The Hall–Kier alpha value is -2.65. The van der Waals surface area contributed by atoms with E-state index in [1.165, 1.54) is 11.0 Å². The van der Waals surface area contributed by atoms with E-state index in [-0.39, 0.29) is 25.4 Å². The Bertz CT molecular complexity index is 976. The van der Waals surface area contributed by atoms with Crippen LogP contribution in [0.3, 0.4) is 0 Å². The third-order valence-corrected chi connectivity index (χ3v) is 5.11. The van der Waals surface area contributed by atoms with Gasteiger partial charge in [-0.3, -0.25) is 4.79 Å². The summed E-state index contributed by atoms with van der Waals surface area (Å²) in [5.41, 5.74) is 0.923. The van der Waals surface area contributed by atoms with Gasteiger partial charge in [0.15, 0.2) is 11.5 Å². The number of hydrogen-bond acceptors (Lipinski definition) is 8. The molecule has 1 aliphatic heterocycles. The molecular formula is C18H18Cl2N4O5. The minimum Gasteiger partial charge on any atom is -0.462 e. The van der Waals surface area contributed by atoms with Crippen molar-refractivity contribution >= 4 is 57.9 Å². The highest BCUT2D eigenvalue weighted by Crippen LogP contribution is 2.29. The van der Waals surface area contributed by atoms with Crippen molar-refractivity contribution in [2.45, 2.75) is 6.92 Å². The molecule has 0 atom stereocenters. The lowest BCUT2D eigenvalue weighted by molar-refractivity contribution is -0.158. The molecule has 1 aliphatic rings. The maximum absolute atomic E-state index is 12.5. The molecule has 1 fully saturated rings. The lowest BCUT2D eigenvalue weighted by atomic mass is 10.2. The molecule has 1 aromatic heterocycles. The van der Waals surface area contributed by atoms with Gasteiger partial charge in [-0.05, 0) is 19.1 Å². The smallest absolute Gasteiger partial charge is 0.396 e. The standard InChI is InChI=1S/C18H18Cl2N4O5/c1-3-29-17(26)14-15(22-13-9-11(20)10(19)8-12(13)21-14)23-4-6-24(7-5-23)16(25)18(27)28-2/h8-9H,3-7H2,1-2H3. The van der Waals surface area contributed by atoms with Crippen molar-refractivity contribution < 1.29 is 23.9 Å². The third kappa shape index (κ3) is 4.35. The molecule has 2 heterocycles. The number of halogens is 2. The van der Waals surface area contributed by atoms with Crippen molar-refractivity contribution in [2.24, 2.45) is 0 Å². The first kappa shape index (κ1) is 21.1. The van der Waals surface area contributed by atoms with Gasteiger partial charge in [0.05, 0.1) is 34.8 Å². The Balaban J connectivity index is 1.94. The number of ether oxygens (including phenoxy) is 2. The SMILES string of the molecule is CCOC(=O)c1nc2cc(Cl)c(Cl)cc2nc1N1CCN(C(=O)C(=O)OC)CC1. The lowest BCUT2D eigenvalue weighted by Crippen LogP contribution is -2.51. The van der Waals surface area contributed by atoms with Crippen molar-refractivity contribution in [2.75, 3.05) is 44.8 Å². The lowest BCUT2D eigenvalue weighted by Gasteiger charge is -2.35. The van der Waals surface area contributed by atoms with Crippen LogP contribution in [0.5, 0.6) is 0 Å². The van der Waals surface area contributed by atoms with Gasteiger partial charge in [0.2, 0.25) is 0 Å². The van der Waals surface area contributed by atoms with E-state index in [1.807, 2.05) is 4.90 Å². The molecule has 154 valence electrons. The fourth-order valence-electron chi connectivity index (χ4n) is 2.94. The zero-order valence-electron chi connectivity index (χ0n) is 15.8. The molecule has 1 aromatic carbocycles. The predicted octanol–water partition coefficient (Wildman–Crippen LogP) is 1.93. The highest BCUT2D eigenvalue weighted by Gasteiger charge is 2.30. The Kier molecular flexibility index (Phi) is 6.39. The van der Waals surface area contributed by atoms with Crippen molar-refractivity contribution in [1.29, 1.82) is 0 Å². The van der Waals surface area contributed by atoms with Gasteiger partial charge < -0.3 is 19.3 Å². The zero-order chi connectivity index (χ0) is 21.1. The number of rotatable bonds is 3. The van der Waals surface area contributed by atoms with Gasteiger partial charge in [-0.25, -0.2) is 19.6 Å². The van der Waals surface area contributed by atoms with Crippen LogP contribution >= 0.6 is 23.2 Å². The number of anilines is 1. The van der Waals surface area contributed by atoms with Crippen molar-refractivity contribution in [1.82, 2.24) is 14.9 Å². The molecule has 0 saturated carbocycles. The van der Waals surface area contributed by atoms with E-state index >= 15 is 0 Å². The van der Waals surface area contributed by atoms with E-state index < -0.39 is 17.8 Å². The first-order chi connectivity index (χ1) is 13.8. The molecule has 0 bridgehead atoms. The number of piperazine rings is 1. The number of carbonyl (C=O) groups excluding carboxylic acids is 3. The van der Waals surface area contributed by atoms with E-state index in [0.717, 1.165) is 7.11 Å². The number of carbonyl (C=O) groups is 3. The summed E-state index contributed by atoms with van der Waals surface area (Å²) < 4.78 is 9.59. The molecule has 0 spiro atoms. The summed E-state index contributed by atoms with van der Waals surface area (Å²) in [5.74, 6) is -1.91. The Labute approximate surface area is 176 Å². The van der Waals surface area contributed by atoms with Gasteiger partial charge >= 0.3 is 17.8 Å². The summed E-state index contributed by atoms with van der Waals surface area (Å²) in [6, 6.07) is 3.10. The molecule has 1 amide bonds. The Morgan fingerprint density at radius 1 is 1.03 bits per heavy atom. The number of amides is 1. The van der Waals surface area contributed by atoms with Gasteiger partial charge in [-0.2, -0.15) is 0 Å². The van der Waals surface area contributed by atoms with Crippen LogP contribution in [-0.4, -0.2) is 72.6 Å². The van der Waals surface area contributed by atoms with Crippen molar-refractivity contribution in [3.05, 3.63) is 27.9 Å². The fraction of sp³-hybridized carbons (Fsp3) is 0.389. The molecule has 9 nitrogen and oxygen atoms in total. The number of benzene rings is 1. The topological polar surface area (TPSA) is 102 Å². The molecule has 0 radical (unpaired) electrons. The van der Waals surface area contributed by atoms with E-state index in [9.17, 15) is 14.4 Å². The number of hydrogen-bond donors (Lipinski definition) is 0. The van der Waals surface area contributed by atoms with Gasteiger partial charge in [0, 0.05) is 26.2 Å². The van der Waals surface area contributed by atoms with E-state index in [1.54, 1.807) is 13.0 Å². The van der Waals surface area contributed by atoms with Gasteiger partial charge in [-0.15, -0.1) is 0 Å². The summed E-state index contributed by atoms with van der Waals surface area (Å²) in [6.07, 6.45) is 0. The second kappa shape index (κ2) is 8.79. The third-order valence-electron chi connectivity index (χ3n) is 4.38. The average molecular weight is 441 g/mol. The normalized spacial score (nSPS) is 14.1. The number of aromatic nitrogens is 2. The summed E-state index contributed by atoms with van der Waals surface area (Å²) in [6.45, 7) is 3.09. The molecule has 3 rings (SSSR count). The largest absolute Gasteiger partial charge is 0.462 e. The summed E-state index contributed by atoms with van der Waals surface area (Å²) in [4.78, 5) is 48.0. The Morgan fingerprint density at radius 3 is 2.17 bits per heavy atom. The average Bonchev–Trinajstić information content (AvgIpc) is 2.73. The molecule has 0 N–H and O–H groups in total. The van der Waals surface area contributed by atoms with Crippen molar-refractivity contribution in [3.63, 3.8) is 0 Å². The van der Waals surface area contributed by atoms with Crippen LogP contribution in [0.4, 0.5) is 5.82 Å². The first-order valence-corrected chi connectivity index (χ1v) is 9.57. The van der Waals surface area contributed by atoms with Crippen LogP contribution in [0.15, 0.2) is 12.1 Å². The first-order valence-electron chi connectivity index (χ1n) is 8.81. The van der Waals surface area contributed by atoms with Crippen LogP contribution in [-0.2, 0) is 19.1 Å². The maximum Gasteiger partial charge on any atom is 0.396 e. The summed E-state index contributed by atoms with van der Waals surface area (Å²) in [7, 11) is 1.16. The van der Waals surface area contributed by atoms with Crippen LogP contribution in [0.2, 0.25) is 10.0 Å². The van der Waals surface area contributed by atoms with E-state index in [0.29, 0.717) is 40.0 Å². The minimum atomic E-state index is -0.914. The maximum atomic E-state index is 12.5. The second-order valence-electron chi connectivity index (χ2n) is 6.14. The highest BCUT2D eigenvalue weighted by molar-refractivity contribution is 6.42. The van der Waals surface area contributed by atoms with Crippen LogP contribution in [0, 0.1) is 0 Å². The molecule has 0 aliphatic carbocycles. The minimum absolute atomic E-state index is 0.0467. The summed E-state index contributed by atoms with van der Waals surface area (Å²) in [5, 5.41) is 0.614. The molecule has 1 saturated heterocycles. The molecule has 2 aromatic rings. The van der Waals surface area contributed by atoms with Gasteiger partial charge in [-0.1, -0.05) is 23.2 Å². The summed E-state index contributed by atoms with van der Waals surface area (Å²) >= 11 is 12.1. The number of methoxy groups -OCH3 is 1. The van der Waals surface area contributed by atoms with E-state index in [2.05, 4.69) is 14.7 Å². The number of nitrogens with zero attached hydrogens (tertiary/aromatic N) is 4. The molecule has 29 heavy (non-hydrogen) atoms. The van der Waals surface area contributed by atoms with Gasteiger partial charge in [0.1, 0.15) is 0 Å². The van der Waals surface area contributed by atoms with Crippen molar-refractivity contribution in [3.8, 4) is 0 Å². The zero-order valence-corrected chi connectivity index (χ0v) is 17.3. The van der Waals surface area contributed by atoms with Crippen LogP contribution in [0.25, 0.3) is 11.0 Å². The quantitative estimate of drug-likeness (QED) is 0.526. The second-order valence-corrected chi connectivity index (χ2v) is 6.96. The monoisotopic (exact) mass is 440 g/mol. The van der Waals surface area contributed by atoms with E-state index in [4.69, 9.17) is 27.9 Å². The molecular weight excluding hydrogens is 423 g/mol. The highest BCUT2D eigenvalue weighted by atomic mass is 35.5. The molecule has 11 heteroatoms. The fourth-order valence-corrected chi connectivity index (χ4v) is 3.25. The van der Waals surface area contributed by atoms with Crippen LogP contribution < -0.4 is 4.90 Å². The van der Waals surface area contributed by atoms with Gasteiger partial charge in [0.25, 0.3) is 0 Å². The van der Waals surface area contributed by atoms with Crippen LogP contribution in [0.1, 0.15) is 17.4 Å². The Morgan fingerprint density at radius 2 is 1.62 bits per heavy atom. The number of esters is 2.